The van der Waals surface area contributed by atoms with Crippen LogP contribution in [0.2, 0.25) is 5.02 Å². The zero-order chi connectivity index (χ0) is 11.5. The van der Waals surface area contributed by atoms with Crippen molar-refractivity contribution in [2.75, 3.05) is 0 Å². The largest absolute Gasteiger partial charge is 0.192 e. The Bertz CT molecular complexity index is 640. The lowest BCUT2D eigenvalue weighted by atomic mass is 10.2. The first-order valence-corrected chi connectivity index (χ1v) is 5.64. The van der Waals surface area contributed by atoms with E-state index in [9.17, 15) is 0 Å². The van der Waals surface area contributed by atoms with Crippen molar-refractivity contribution in [3.8, 4) is 12.1 Å². The normalized spacial score (nSPS) is 9.44. The van der Waals surface area contributed by atoms with Crippen LogP contribution in [0.3, 0.4) is 0 Å². The highest BCUT2D eigenvalue weighted by Crippen LogP contribution is 2.36. The molecule has 0 aliphatic heterocycles. The van der Waals surface area contributed by atoms with E-state index in [0.717, 1.165) is 15.0 Å². The van der Waals surface area contributed by atoms with Crippen LogP contribution in [0.15, 0.2) is 29.8 Å². The van der Waals surface area contributed by atoms with Crippen molar-refractivity contribution in [2.45, 2.75) is 0 Å². The highest BCUT2D eigenvalue weighted by atomic mass is 35.5. The quantitative estimate of drug-likeness (QED) is 0.712. The Kier molecular flexibility index (Phi) is 2.92. The second-order valence-electron chi connectivity index (χ2n) is 3.06. The van der Waals surface area contributed by atoms with Crippen molar-refractivity contribution in [2.24, 2.45) is 0 Å². The first-order valence-electron chi connectivity index (χ1n) is 4.45. The van der Waals surface area contributed by atoms with Gasteiger partial charge in [0.15, 0.2) is 0 Å². The number of rotatable bonds is 1. The summed E-state index contributed by atoms with van der Waals surface area (Å²) in [5.74, 6) is 0. The molecule has 2 rings (SSSR count). The maximum atomic E-state index is 8.67. The Morgan fingerprint density at radius 2 is 1.94 bits per heavy atom. The summed E-state index contributed by atoms with van der Waals surface area (Å²) >= 11 is 7.63. The Labute approximate surface area is 102 Å². The number of thiophene rings is 1. The SMILES string of the molecule is N#CC(C#N)=Cc1sc2ccccc2c1Cl. The van der Waals surface area contributed by atoms with Gasteiger partial charge >= 0.3 is 0 Å². The number of hydrogen-bond acceptors (Lipinski definition) is 3. The van der Waals surface area contributed by atoms with Crippen molar-refractivity contribution >= 4 is 39.1 Å². The molecule has 0 fully saturated rings. The molecule has 0 radical (unpaired) electrons. The Balaban J connectivity index is 2.65. The zero-order valence-electron chi connectivity index (χ0n) is 8.07. The van der Waals surface area contributed by atoms with E-state index in [1.54, 1.807) is 0 Å². The Morgan fingerprint density at radius 1 is 1.25 bits per heavy atom. The molecular formula is C12H5ClN2S. The molecule has 0 atom stereocenters. The van der Waals surface area contributed by atoms with Crippen LogP contribution in [-0.2, 0) is 0 Å². The van der Waals surface area contributed by atoms with Crippen molar-refractivity contribution in [1.82, 2.24) is 0 Å². The molecular weight excluding hydrogens is 240 g/mol. The number of nitriles is 2. The number of benzene rings is 1. The fourth-order valence-electron chi connectivity index (χ4n) is 1.35. The van der Waals surface area contributed by atoms with Crippen molar-refractivity contribution in [3.05, 3.63) is 39.7 Å². The molecule has 1 aromatic carbocycles. The monoisotopic (exact) mass is 244 g/mol. The molecule has 0 aliphatic carbocycles. The summed E-state index contributed by atoms with van der Waals surface area (Å²) in [5, 5.41) is 18.9. The van der Waals surface area contributed by atoms with E-state index in [-0.39, 0.29) is 5.57 Å². The molecule has 2 aromatic rings. The molecule has 0 unspecified atom stereocenters. The molecule has 0 aliphatic rings. The van der Waals surface area contributed by atoms with Gasteiger partial charge in [-0.2, -0.15) is 10.5 Å². The summed E-state index contributed by atoms with van der Waals surface area (Å²) in [5.41, 5.74) is 0.0634. The van der Waals surface area contributed by atoms with Crippen LogP contribution in [0.1, 0.15) is 4.88 Å². The summed E-state index contributed by atoms with van der Waals surface area (Å²) in [6.07, 6.45) is 1.52. The molecule has 0 bridgehead atoms. The van der Waals surface area contributed by atoms with Gasteiger partial charge in [0.05, 0.1) is 5.02 Å². The smallest absolute Gasteiger partial charge is 0.131 e. The molecule has 0 saturated heterocycles. The molecule has 0 amide bonds. The van der Waals surface area contributed by atoms with E-state index in [0.29, 0.717) is 5.02 Å². The molecule has 76 valence electrons. The minimum atomic E-state index is 0.0634. The highest BCUT2D eigenvalue weighted by Gasteiger charge is 2.08. The summed E-state index contributed by atoms with van der Waals surface area (Å²) in [7, 11) is 0. The summed E-state index contributed by atoms with van der Waals surface area (Å²) in [6.45, 7) is 0. The zero-order valence-corrected chi connectivity index (χ0v) is 9.64. The minimum Gasteiger partial charge on any atom is -0.192 e. The number of fused-ring (bicyclic) bond motifs is 1. The fraction of sp³-hybridized carbons (Fsp3) is 0. The van der Waals surface area contributed by atoms with Gasteiger partial charge in [-0.1, -0.05) is 29.8 Å². The van der Waals surface area contributed by atoms with E-state index in [4.69, 9.17) is 22.1 Å². The average molecular weight is 245 g/mol. The van der Waals surface area contributed by atoms with Gasteiger partial charge in [0.2, 0.25) is 0 Å². The average Bonchev–Trinajstić information content (AvgIpc) is 2.64. The lowest BCUT2D eigenvalue weighted by Gasteiger charge is -1.88. The van der Waals surface area contributed by atoms with Crippen LogP contribution in [0.4, 0.5) is 0 Å². The third-order valence-electron chi connectivity index (χ3n) is 2.08. The standard InChI is InChI=1S/C12H5ClN2S/c13-12-9-3-1-2-4-10(9)16-11(12)5-8(6-14)7-15/h1-5H. The van der Waals surface area contributed by atoms with Gasteiger partial charge < -0.3 is 0 Å². The summed E-state index contributed by atoms with van der Waals surface area (Å²) < 4.78 is 1.05. The molecule has 0 spiro atoms. The Morgan fingerprint density at radius 3 is 2.56 bits per heavy atom. The van der Waals surface area contributed by atoms with E-state index in [2.05, 4.69) is 0 Å². The molecule has 1 aromatic heterocycles. The van der Waals surface area contributed by atoms with E-state index in [1.807, 2.05) is 36.4 Å². The fourth-order valence-corrected chi connectivity index (χ4v) is 2.78. The third kappa shape index (κ3) is 1.79. The van der Waals surface area contributed by atoms with Crippen LogP contribution in [0.5, 0.6) is 0 Å². The van der Waals surface area contributed by atoms with Crippen LogP contribution in [-0.4, -0.2) is 0 Å². The molecule has 16 heavy (non-hydrogen) atoms. The summed E-state index contributed by atoms with van der Waals surface area (Å²) in [4.78, 5) is 0.751. The van der Waals surface area contributed by atoms with E-state index < -0.39 is 0 Å². The van der Waals surface area contributed by atoms with Crippen LogP contribution in [0.25, 0.3) is 16.2 Å². The number of nitrogens with zero attached hydrogens (tertiary/aromatic N) is 2. The van der Waals surface area contributed by atoms with Gasteiger partial charge in [-0.3, -0.25) is 0 Å². The van der Waals surface area contributed by atoms with Crippen molar-refractivity contribution < 1.29 is 0 Å². The topological polar surface area (TPSA) is 47.6 Å². The molecule has 1 heterocycles. The van der Waals surface area contributed by atoms with Crippen LogP contribution < -0.4 is 0 Å². The molecule has 0 N–H and O–H groups in total. The second-order valence-corrected chi connectivity index (χ2v) is 4.52. The first kappa shape index (κ1) is 10.7. The molecule has 4 heteroatoms. The summed E-state index contributed by atoms with van der Waals surface area (Å²) in [6, 6.07) is 11.4. The predicted molar refractivity (Wildman–Crippen MR) is 66.0 cm³/mol. The maximum Gasteiger partial charge on any atom is 0.131 e. The van der Waals surface area contributed by atoms with Gasteiger partial charge in [0.25, 0.3) is 0 Å². The van der Waals surface area contributed by atoms with Gasteiger partial charge in [-0.25, -0.2) is 0 Å². The minimum absolute atomic E-state index is 0.0634. The first-order chi connectivity index (χ1) is 7.76. The molecule has 0 saturated carbocycles. The van der Waals surface area contributed by atoms with Gasteiger partial charge in [-0.05, 0) is 12.1 Å². The van der Waals surface area contributed by atoms with E-state index in [1.165, 1.54) is 17.4 Å². The lowest BCUT2D eigenvalue weighted by molar-refractivity contribution is 1.47. The Hall–Kier alpha value is -1.81. The highest BCUT2D eigenvalue weighted by molar-refractivity contribution is 7.20. The lowest BCUT2D eigenvalue weighted by Crippen LogP contribution is -1.71. The predicted octanol–water partition coefficient (Wildman–Crippen LogP) is 3.99. The van der Waals surface area contributed by atoms with Gasteiger partial charge in [0, 0.05) is 15.0 Å². The van der Waals surface area contributed by atoms with Gasteiger partial charge in [-0.15, -0.1) is 11.3 Å². The van der Waals surface area contributed by atoms with Crippen LogP contribution in [0, 0.1) is 22.7 Å². The van der Waals surface area contributed by atoms with E-state index >= 15 is 0 Å². The van der Waals surface area contributed by atoms with Gasteiger partial charge in [0.1, 0.15) is 17.7 Å². The molecule has 2 nitrogen and oxygen atoms in total. The van der Waals surface area contributed by atoms with Crippen LogP contribution >= 0.6 is 22.9 Å². The third-order valence-corrected chi connectivity index (χ3v) is 3.71. The number of hydrogen-bond donors (Lipinski definition) is 0. The maximum absolute atomic E-state index is 8.67. The number of allylic oxidation sites excluding steroid dienone is 1. The van der Waals surface area contributed by atoms with Crippen molar-refractivity contribution in [1.29, 1.82) is 10.5 Å². The van der Waals surface area contributed by atoms with Crippen molar-refractivity contribution in [3.63, 3.8) is 0 Å². The second kappa shape index (κ2) is 4.37. The number of halogens is 1.